The number of nitrogens with one attached hydrogen (secondary N) is 1. The number of carbonyl (C=O) groups is 2. The second-order valence-electron chi connectivity index (χ2n) is 5.52. The van der Waals surface area contributed by atoms with E-state index in [-0.39, 0.29) is 23.7 Å². The van der Waals surface area contributed by atoms with E-state index in [2.05, 4.69) is 5.32 Å². The molecular formula is C15H19FN2O2. The summed E-state index contributed by atoms with van der Waals surface area (Å²) in [6.07, 6.45) is 2.63. The van der Waals surface area contributed by atoms with Crippen LogP contribution in [0, 0.1) is 11.2 Å². The third kappa shape index (κ3) is 3.87. The highest BCUT2D eigenvalue weighted by Gasteiger charge is 2.42. The van der Waals surface area contributed by atoms with Gasteiger partial charge in [-0.15, -0.1) is 0 Å². The Morgan fingerprint density at radius 2 is 2.15 bits per heavy atom. The maximum absolute atomic E-state index is 13.5. The summed E-state index contributed by atoms with van der Waals surface area (Å²) in [5.41, 5.74) is 0.245. The normalized spacial score (nSPS) is 15.9. The van der Waals surface area contributed by atoms with Gasteiger partial charge >= 0.3 is 0 Å². The number of amides is 1. The number of hydrogen-bond acceptors (Lipinski definition) is 3. The molecule has 0 unspecified atom stereocenters. The number of hydrogen-bond donors (Lipinski definition) is 1. The van der Waals surface area contributed by atoms with Crippen molar-refractivity contribution in [2.24, 2.45) is 5.41 Å². The van der Waals surface area contributed by atoms with E-state index < -0.39 is 0 Å². The zero-order valence-electron chi connectivity index (χ0n) is 11.6. The second kappa shape index (κ2) is 6.13. The lowest BCUT2D eigenvalue weighted by Gasteiger charge is -2.17. The molecule has 0 radical (unpaired) electrons. The molecule has 0 spiro atoms. The topological polar surface area (TPSA) is 49.4 Å². The molecule has 1 aromatic carbocycles. The molecule has 2 rings (SSSR count). The lowest BCUT2D eigenvalue weighted by Crippen LogP contribution is -2.38. The van der Waals surface area contributed by atoms with Gasteiger partial charge in [0.05, 0.1) is 6.54 Å². The molecule has 1 fully saturated rings. The molecule has 1 aromatic rings. The quantitative estimate of drug-likeness (QED) is 0.766. The Hall–Kier alpha value is -1.75. The molecule has 0 aromatic heterocycles. The van der Waals surface area contributed by atoms with Gasteiger partial charge in [0.1, 0.15) is 12.1 Å². The van der Waals surface area contributed by atoms with Crippen LogP contribution in [-0.4, -0.2) is 37.2 Å². The SMILES string of the molecule is CN(CC(=O)NCC1(C=O)CC1)Cc1ccccc1F. The van der Waals surface area contributed by atoms with Gasteiger partial charge in [-0.2, -0.15) is 0 Å². The van der Waals surface area contributed by atoms with Gasteiger partial charge in [0.15, 0.2) is 0 Å². The van der Waals surface area contributed by atoms with E-state index in [9.17, 15) is 14.0 Å². The van der Waals surface area contributed by atoms with E-state index in [1.165, 1.54) is 6.07 Å². The number of rotatable bonds is 7. The first-order valence-corrected chi connectivity index (χ1v) is 6.70. The van der Waals surface area contributed by atoms with Crippen LogP contribution in [0.4, 0.5) is 4.39 Å². The first-order valence-electron chi connectivity index (χ1n) is 6.70. The first kappa shape index (κ1) is 14.7. The smallest absolute Gasteiger partial charge is 0.234 e. The van der Waals surface area contributed by atoms with Crippen molar-refractivity contribution in [1.82, 2.24) is 10.2 Å². The summed E-state index contributed by atoms with van der Waals surface area (Å²) in [4.78, 5) is 24.3. The summed E-state index contributed by atoms with van der Waals surface area (Å²) in [5, 5.41) is 2.76. The van der Waals surface area contributed by atoms with E-state index in [1.54, 1.807) is 30.1 Å². The molecule has 4 nitrogen and oxygen atoms in total. The van der Waals surface area contributed by atoms with Crippen LogP contribution < -0.4 is 5.32 Å². The minimum atomic E-state index is -0.320. The molecule has 20 heavy (non-hydrogen) atoms. The Morgan fingerprint density at radius 3 is 2.75 bits per heavy atom. The van der Waals surface area contributed by atoms with Crippen molar-refractivity contribution >= 4 is 12.2 Å². The minimum absolute atomic E-state index is 0.142. The van der Waals surface area contributed by atoms with E-state index >= 15 is 0 Å². The van der Waals surface area contributed by atoms with Crippen molar-refractivity contribution in [3.8, 4) is 0 Å². The standard InChI is InChI=1S/C15H19FN2O2/c1-18(8-12-4-2-3-5-13(12)16)9-14(20)17-10-15(11-19)6-7-15/h2-5,11H,6-10H2,1H3,(H,17,20). The predicted octanol–water partition coefficient (Wildman–Crippen LogP) is 1.35. The Kier molecular flexibility index (Phi) is 4.49. The lowest BCUT2D eigenvalue weighted by atomic mass is 10.1. The highest BCUT2D eigenvalue weighted by Crippen LogP contribution is 2.42. The molecule has 0 atom stereocenters. The molecule has 1 aliphatic rings. The number of nitrogens with zero attached hydrogens (tertiary/aromatic N) is 1. The molecule has 108 valence electrons. The molecule has 0 aliphatic heterocycles. The highest BCUT2D eigenvalue weighted by atomic mass is 19.1. The monoisotopic (exact) mass is 278 g/mol. The van der Waals surface area contributed by atoms with E-state index in [1.807, 2.05) is 0 Å². The maximum Gasteiger partial charge on any atom is 0.234 e. The Balaban J connectivity index is 1.76. The fourth-order valence-electron chi connectivity index (χ4n) is 2.05. The van der Waals surface area contributed by atoms with Crippen LogP contribution in [0.25, 0.3) is 0 Å². The van der Waals surface area contributed by atoms with Crippen LogP contribution in [0.2, 0.25) is 0 Å². The molecule has 1 amide bonds. The van der Waals surface area contributed by atoms with Gasteiger partial charge in [-0.1, -0.05) is 18.2 Å². The van der Waals surface area contributed by atoms with E-state index in [4.69, 9.17) is 0 Å². The number of carbonyl (C=O) groups excluding carboxylic acids is 2. The fraction of sp³-hybridized carbons (Fsp3) is 0.467. The van der Waals surface area contributed by atoms with Gasteiger partial charge in [0.2, 0.25) is 5.91 Å². The lowest BCUT2D eigenvalue weighted by molar-refractivity contribution is -0.122. The van der Waals surface area contributed by atoms with Gasteiger partial charge < -0.3 is 10.1 Å². The highest BCUT2D eigenvalue weighted by molar-refractivity contribution is 5.78. The molecule has 0 bridgehead atoms. The molecule has 5 heteroatoms. The van der Waals surface area contributed by atoms with Crippen molar-refractivity contribution < 1.29 is 14.0 Å². The van der Waals surface area contributed by atoms with Crippen molar-refractivity contribution in [2.75, 3.05) is 20.1 Å². The molecule has 0 heterocycles. The summed E-state index contributed by atoms with van der Waals surface area (Å²) in [6, 6.07) is 6.52. The van der Waals surface area contributed by atoms with Crippen LogP contribution in [0.1, 0.15) is 18.4 Å². The van der Waals surface area contributed by atoms with Crippen LogP contribution in [-0.2, 0) is 16.1 Å². The van der Waals surface area contributed by atoms with Gasteiger partial charge in [-0.05, 0) is 26.0 Å². The predicted molar refractivity (Wildman–Crippen MR) is 73.5 cm³/mol. The number of aldehydes is 1. The summed E-state index contributed by atoms with van der Waals surface area (Å²) >= 11 is 0. The van der Waals surface area contributed by atoms with Crippen LogP contribution in [0.15, 0.2) is 24.3 Å². The second-order valence-corrected chi connectivity index (χ2v) is 5.52. The third-order valence-corrected chi connectivity index (χ3v) is 3.59. The summed E-state index contributed by atoms with van der Waals surface area (Å²) in [6.45, 7) is 0.963. The van der Waals surface area contributed by atoms with E-state index in [0.29, 0.717) is 18.7 Å². The molecule has 0 saturated heterocycles. The summed E-state index contributed by atoms with van der Waals surface area (Å²) in [7, 11) is 1.76. The summed E-state index contributed by atoms with van der Waals surface area (Å²) < 4.78 is 13.5. The van der Waals surface area contributed by atoms with Crippen LogP contribution >= 0.6 is 0 Å². The number of benzene rings is 1. The zero-order valence-corrected chi connectivity index (χ0v) is 11.6. The number of likely N-dealkylation sites (N-methyl/N-ethyl adjacent to an activating group) is 1. The maximum atomic E-state index is 13.5. The zero-order chi connectivity index (χ0) is 14.6. The summed E-state index contributed by atoms with van der Waals surface area (Å²) in [5.74, 6) is -0.408. The van der Waals surface area contributed by atoms with Gasteiger partial charge in [0, 0.05) is 24.1 Å². The van der Waals surface area contributed by atoms with Crippen molar-refractivity contribution in [3.63, 3.8) is 0 Å². The largest absolute Gasteiger partial charge is 0.354 e. The van der Waals surface area contributed by atoms with Crippen molar-refractivity contribution in [1.29, 1.82) is 0 Å². The minimum Gasteiger partial charge on any atom is -0.354 e. The Bertz CT molecular complexity index is 500. The van der Waals surface area contributed by atoms with Crippen molar-refractivity contribution in [3.05, 3.63) is 35.6 Å². The average molecular weight is 278 g/mol. The van der Waals surface area contributed by atoms with Crippen LogP contribution in [0.5, 0.6) is 0 Å². The fourth-order valence-corrected chi connectivity index (χ4v) is 2.05. The Morgan fingerprint density at radius 1 is 1.45 bits per heavy atom. The first-order chi connectivity index (χ1) is 9.54. The molecule has 1 N–H and O–H groups in total. The number of halogens is 1. The average Bonchev–Trinajstić information content (AvgIpc) is 3.20. The van der Waals surface area contributed by atoms with Gasteiger partial charge in [-0.3, -0.25) is 9.69 Å². The van der Waals surface area contributed by atoms with Gasteiger partial charge in [0.25, 0.3) is 0 Å². The van der Waals surface area contributed by atoms with Gasteiger partial charge in [-0.25, -0.2) is 4.39 Å². The Labute approximate surface area is 118 Å². The molecular weight excluding hydrogens is 259 g/mol. The van der Waals surface area contributed by atoms with Crippen LogP contribution in [0.3, 0.4) is 0 Å². The molecule has 1 aliphatic carbocycles. The molecule has 1 saturated carbocycles. The van der Waals surface area contributed by atoms with E-state index in [0.717, 1.165) is 19.1 Å². The van der Waals surface area contributed by atoms with Crippen molar-refractivity contribution in [2.45, 2.75) is 19.4 Å². The third-order valence-electron chi connectivity index (χ3n) is 3.59.